The second kappa shape index (κ2) is 3.39. The number of nitrogens with zero attached hydrogens (tertiary/aromatic N) is 3. The van der Waals surface area contributed by atoms with Crippen LogP contribution in [0.4, 0.5) is 5.95 Å². The Balaban J connectivity index is 2.17. The van der Waals surface area contributed by atoms with E-state index in [1.54, 1.807) is 12.4 Å². The lowest BCUT2D eigenvalue weighted by Gasteiger charge is -2.13. The summed E-state index contributed by atoms with van der Waals surface area (Å²) in [6, 6.07) is 0. The molecular formula is C8H9BrN3. The summed E-state index contributed by atoms with van der Waals surface area (Å²) >= 11 is 3.30. The lowest BCUT2D eigenvalue weighted by atomic mass is 10.4. The molecule has 1 fully saturated rings. The maximum absolute atomic E-state index is 4.21. The van der Waals surface area contributed by atoms with Gasteiger partial charge in [0, 0.05) is 25.5 Å². The van der Waals surface area contributed by atoms with E-state index in [4.69, 9.17) is 0 Å². The van der Waals surface area contributed by atoms with Gasteiger partial charge in [0.2, 0.25) is 5.95 Å². The Kier molecular flexibility index (Phi) is 2.26. The monoisotopic (exact) mass is 226 g/mol. The van der Waals surface area contributed by atoms with Crippen molar-refractivity contribution in [3.8, 4) is 0 Å². The van der Waals surface area contributed by atoms with Crippen molar-refractivity contribution in [2.24, 2.45) is 0 Å². The van der Waals surface area contributed by atoms with Crippen molar-refractivity contribution in [1.29, 1.82) is 0 Å². The van der Waals surface area contributed by atoms with Gasteiger partial charge in [-0.15, -0.1) is 0 Å². The van der Waals surface area contributed by atoms with Gasteiger partial charge in [-0.3, -0.25) is 0 Å². The Morgan fingerprint density at radius 1 is 1.33 bits per heavy atom. The Bertz CT molecular complexity index is 254. The smallest absolute Gasteiger partial charge is 0.225 e. The molecule has 12 heavy (non-hydrogen) atoms. The van der Waals surface area contributed by atoms with Crippen LogP contribution in [-0.4, -0.2) is 23.1 Å². The van der Waals surface area contributed by atoms with Crippen LogP contribution in [0.25, 0.3) is 0 Å². The first-order valence-corrected chi connectivity index (χ1v) is 4.70. The van der Waals surface area contributed by atoms with Gasteiger partial charge < -0.3 is 4.90 Å². The molecule has 0 aliphatic carbocycles. The van der Waals surface area contributed by atoms with Crippen LogP contribution in [0.1, 0.15) is 6.42 Å². The third kappa shape index (κ3) is 1.58. The summed E-state index contributed by atoms with van der Waals surface area (Å²) in [6.45, 7) is 2.02. The SMILES string of the molecule is Brc1cnc(N2C[CH]CC2)nc1. The van der Waals surface area contributed by atoms with Gasteiger partial charge in [0.25, 0.3) is 0 Å². The van der Waals surface area contributed by atoms with E-state index in [0.717, 1.165) is 29.9 Å². The predicted molar refractivity (Wildman–Crippen MR) is 50.9 cm³/mol. The molecular weight excluding hydrogens is 218 g/mol. The summed E-state index contributed by atoms with van der Waals surface area (Å²) < 4.78 is 0.925. The molecule has 1 aromatic heterocycles. The summed E-state index contributed by atoms with van der Waals surface area (Å²) in [5, 5.41) is 0. The third-order valence-electron chi connectivity index (χ3n) is 1.84. The first kappa shape index (κ1) is 7.98. The van der Waals surface area contributed by atoms with E-state index < -0.39 is 0 Å². The first-order chi connectivity index (χ1) is 5.86. The summed E-state index contributed by atoms with van der Waals surface area (Å²) in [4.78, 5) is 10.6. The molecule has 0 spiro atoms. The number of hydrogen-bond acceptors (Lipinski definition) is 3. The van der Waals surface area contributed by atoms with E-state index in [2.05, 4.69) is 37.2 Å². The Morgan fingerprint density at radius 2 is 2.08 bits per heavy atom. The van der Waals surface area contributed by atoms with Gasteiger partial charge in [0.05, 0.1) is 4.47 Å². The van der Waals surface area contributed by atoms with E-state index in [0.29, 0.717) is 0 Å². The maximum Gasteiger partial charge on any atom is 0.225 e. The van der Waals surface area contributed by atoms with E-state index in [9.17, 15) is 0 Å². The molecule has 0 N–H and O–H groups in total. The van der Waals surface area contributed by atoms with Gasteiger partial charge in [0.15, 0.2) is 0 Å². The van der Waals surface area contributed by atoms with Crippen LogP contribution in [0.3, 0.4) is 0 Å². The molecule has 1 aliphatic heterocycles. The minimum absolute atomic E-state index is 0.826. The lowest BCUT2D eigenvalue weighted by molar-refractivity contribution is 0.898. The van der Waals surface area contributed by atoms with E-state index >= 15 is 0 Å². The molecule has 0 atom stereocenters. The van der Waals surface area contributed by atoms with Gasteiger partial charge >= 0.3 is 0 Å². The molecule has 0 amide bonds. The molecule has 2 heterocycles. The van der Waals surface area contributed by atoms with Crippen LogP contribution in [0.5, 0.6) is 0 Å². The van der Waals surface area contributed by atoms with Crippen molar-refractivity contribution < 1.29 is 0 Å². The third-order valence-corrected chi connectivity index (χ3v) is 2.25. The zero-order valence-electron chi connectivity index (χ0n) is 6.57. The van der Waals surface area contributed by atoms with Crippen LogP contribution in [-0.2, 0) is 0 Å². The number of anilines is 1. The summed E-state index contributed by atoms with van der Waals surface area (Å²) in [6.07, 6.45) is 6.94. The second-order valence-electron chi connectivity index (χ2n) is 2.72. The molecule has 0 saturated carbocycles. The Morgan fingerprint density at radius 3 is 2.67 bits per heavy atom. The van der Waals surface area contributed by atoms with Crippen LogP contribution < -0.4 is 4.90 Å². The van der Waals surface area contributed by atoms with Crippen molar-refractivity contribution in [3.05, 3.63) is 23.3 Å². The Labute approximate surface area is 80.0 Å². The average molecular weight is 227 g/mol. The number of hydrogen-bond donors (Lipinski definition) is 0. The quantitative estimate of drug-likeness (QED) is 0.730. The molecule has 0 bridgehead atoms. The standard InChI is InChI=1S/C8H9BrN3/c9-7-5-10-8(11-6-7)12-3-1-2-4-12/h1,5-6H,2-4H2. The fourth-order valence-corrected chi connectivity index (χ4v) is 1.44. The van der Waals surface area contributed by atoms with Gasteiger partial charge in [0.1, 0.15) is 0 Å². The van der Waals surface area contributed by atoms with Gasteiger partial charge in [-0.25, -0.2) is 9.97 Å². The van der Waals surface area contributed by atoms with Crippen molar-refractivity contribution >= 4 is 21.9 Å². The van der Waals surface area contributed by atoms with Gasteiger partial charge in [-0.2, -0.15) is 0 Å². The van der Waals surface area contributed by atoms with Gasteiger partial charge in [-0.1, -0.05) is 0 Å². The second-order valence-corrected chi connectivity index (χ2v) is 3.64. The van der Waals surface area contributed by atoms with E-state index in [-0.39, 0.29) is 0 Å². The molecule has 0 unspecified atom stereocenters. The molecule has 1 aromatic rings. The molecule has 63 valence electrons. The van der Waals surface area contributed by atoms with E-state index in [1.165, 1.54) is 0 Å². The minimum Gasteiger partial charge on any atom is -0.341 e. The van der Waals surface area contributed by atoms with Crippen molar-refractivity contribution in [3.63, 3.8) is 0 Å². The van der Waals surface area contributed by atoms with Crippen molar-refractivity contribution in [2.45, 2.75) is 6.42 Å². The normalized spacial score (nSPS) is 16.9. The zero-order valence-corrected chi connectivity index (χ0v) is 8.16. The van der Waals surface area contributed by atoms with Crippen molar-refractivity contribution in [1.82, 2.24) is 9.97 Å². The fourth-order valence-electron chi connectivity index (χ4n) is 1.24. The number of halogens is 1. The fraction of sp³-hybridized carbons (Fsp3) is 0.375. The van der Waals surface area contributed by atoms with E-state index in [1.807, 2.05) is 0 Å². The minimum atomic E-state index is 0.826. The number of aromatic nitrogens is 2. The highest BCUT2D eigenvalue weighted by atomic mass is 79.9. The number of rotatable bonds is 1. The molecule has 4 heteroatoms. The molecule has 2 rings (SSSR count). The Hall–Kier alpha value is -0.640. The highest BCUT2D eigenvalue weighted by Gasteiger charge is 2.13. The largest absolute Gasteiger partial charge is 0.341 e. The molecule has 3 nitrogen and oxygen atoms in total. The van der Waals surface area contributed by atoms with Crippen LogP contribution >= 0.6 is 15.9 Å². The van der Waals surface area contributed by atoms with Crippen LogP contribution in [0.2, 0.25) is 0 Å². The maximum atomic E-state index is 4.21. The summed E-state index contributed by atoms with van der Waals surface area (Å²) in [5.41, 5.74) is 0. The molecule has 1 saturated heterocycles. The molecule has 1 aliphatic rings. The highest BCUT2D eigenvalue weighted by Crippen LogP contribution is 2.15. The lowest BCUT2D eigenvalue weighted by Crippen LogP contribution is -2.20. The van der Waals surface area contributed by atoms with Crippen LogP contribution in [0.15, 0.2) is 16.9 Å². The molecule has 0 aromatic carbocycles. The predicted octanol–water partition coefficient (Wildman–Crippen LogP) is 1.65. The summed E-state index contributed by atoms with van der Waals surface area (Å²) in [7, 11) is 0. The van der Waals surface area contributed by atoms with Gasteiger partial charge in [-0.05, 0) is 28.8 Å². The average Bonchev–Trinajstić information content (AvgIpc) is 2.58. The zero-order chi connectivity index (χ0) is 8.39. The highest BCUT2D eigenvalue weighted by molar-refractivity contribution is 9.10. The topological polar surface area (TPSA) is 29.0 Å². The molecule has 1 radical (unpaired) electrons. The van der Waals surface area contributed by atoms with Crippen molar-refractivity contribution in [2.75, 3.05) is 18.0 Å². The van der Waals surface area contributed by atoms with Crippen LogP contribution in [0, 0.1) is 6.42 Å². The first-order valence-electron chi connectivity index (χ1n) is 3.90. The summed E-state index contributed by atoms with van der Waals surface area (Å²) in [5.74, 6) is 0.826.